The Balaban J connectivity index is 2.03. The van der Waals surface area contributed by atoms with Crippen molar-refractivity contribution < 1.29 is 0 Å². The summed E-state index contributed by atoms with van der Waals surface area (Å²) in [5, 5.41) is 6.91. The summed E-state index contributed by atoms with van der Waals surface area (Å²) >= 11 is 0. The van der Waals surface area contributed by atoms with Crippen LogP contribution in [0.4, 0.5) is 0 Å². The summed E-state index contributed by atoms with van der Waals surface area (Å²) in [6.45, 7) is 2.40. The zero-order chi connectivity index (χ0) is 5.40. The first-order valence-electron chi connectivity index (χ1n) is 3.42. The van der Waals surface area contributed by atoms with Crippen LogP contribution in [0.5, 0.6) is 0 Å². The normalized spacial score (nSPS) is 45.0. The molecule has 3 rings (SSSR count). The van der Waals surface area contributed by atoms with Crippen molar-refractivity contribution in [3.63, 3.8) is 0 Å². The molecular formula is C6H12N2. The second-order valence-corrected chi connectivity index (χ2v) is 2.79. The van der Waals surface area contributed by atoms with Gasteiger partial charge >= 0.3 is 0 Å². The second-order valence-electron chi connectivity index (χ2n) is 2.79. The van der Waals surface area contributed by atoms with Crippen LogP contribution < -0.4 is 10.6 Å². The van der Waals surface area contributed by atoms with Crippen LogP contribution in [-0.4, -0.2) is 25.2 Å². The van der Waals surface area contributed by atoms with Crippen LogP contribution >= 0.6 is 0 Å². The maximum Gasteiger partial charge on any atom is 0.0193 e. The van der Waals surface area contributed by atoms with Crippen LogP contribution in [0.1, 0.15) is 12.8 Å². The first-order chi connectivity index (χ1) is 3.95. The van der Waals surface area contributed by atoms with Gasteiger partial charge in [0.05, 0.1) is 0 Å². The van der Waals surface area contributed by atoms with E-state index in [1.165, 1.54) is 25.9 Å². The lowest BCUT2D eigenvalue weighted by molar-refractivity contribution is 0.251. The van der Waals surface area contributed by atoms with E-state index in [0.717, 1.165) is 12.1 Å². The SMILES string of the molecule is C1C[C@H]2CNC1CN2. The summed E-state index contributed by atoms with van der Waals surface area (Å²) in [6.07, 6.45) is 2.77. The van der Waals surface area contributed by atoms with Gasteiger partial charge in [0.1, 0.15) is 0 Å². The molecule has 0 aromatic heterocycles. The van der Waals surface area contributed by atoms with Crippen molar-refractivity contribution in [1.29, 1.82) is 0 Å². The predicted molar refractivity (Wildman–Crippen MR) is 32.8 cm³/mol. The average Bonchev–Trinajstić information content (AvgIpc) is 1.92. The quantitative estimate of drug-likeness (QED) is 0.450. The molecule has 0 aromatic carbocycles. The number of fused-ring (bicyclic) bond motifs is 3. The van der Waals surface area contributed by atoms with Crippen molar-refractivity contribution in [2.24, 2.45) is 0 Å². The molecule has 0 aromatic rings. The number of nitrogens with one attached hydrogen (secondary N) is 2. The van der Waals surface area contributed by atoms with Gasteiger partial charge in [-0.15, -0.1) is 0 Å². The summed E-state index contributed by atoms with van der Waals surface area (Å²) in [4.78, 5) is 0. The molecule has 3 heterocycles. The molecule has 3 aliphatic rings. The Morgan fingerprint density at radius 2 is 1.38 bits per heavy atom. The van der Waals surface area contributed by atoms with Gasteiger partial charge in [0.25, 0.3) is 0 Å². The number of piperazine rings is 1. The zero-order valence-corrected chi connectivity index (χ0v) is 4.98. The highest BCUT2D eigenvalue weighted by molar-refractivity contribution is 4.89. The summed E-state index contributed by atoms with van der Waals surface area (Å²) in [6, 6.07) is 1.58. The Kier molecular flexibility index (Phi) is 1.02. The van der Waals surface area contributed by atoms with Gasteiger partial charge in [-0.3, -0.25) is 0 Å². The molecule has 0 radical (unpaired) electrons. The molecule has 2 heteroatoms. The smallest absolute Gasteiger partial charge is 0.0193 e. The summed E-state index contributed by atoms with van der Waals surface area (Å²) < 4.78 is 0. The van der Waals surface area contributed by atoms with E-state index in [1.807, 2.05) is 0 Å². The number of hydrogen-bond acceptors (Lipinski definition) is 2. The maximum absolute atomic E-state index is 3.46. The average molecular weight is 112 g/mol. The minimum atomic E-state index is 0.792. The van der Waals surface area contributed by atoms with Gasteiger partial charge in [-0.25, -0.2) is 0 Å². The molecular weight excluding hydrogens is 100 g/mol. The molecule has 3 saturated heterocycles. The monoisotopic (exact) mass is 112 g/mol. The fourth-order valence-electron chi connectivity index (χ4n) is 1.57. The third kappa shape index (κ3) is 0.644. The Labute approximate surface area is 49.7 Å². The highest BCUT2D eigenvalue weighted by atomic mass is 15.1. The molecule has 1 unspecified atom stereocenters. The molecule has 0 spiro atoms. The van der Waals surface area contributed by atoms with Gasteiger partial charge in [0, 0.05) is 25.2 Å². The Morgan fingerprint density at radius 3 is 1.50 bits per heavy atom. The van der Waals surface area contributed by atoms with Crippen LogP contribution in [0, 0.1) is 0 Å². The van der Waals surface area contributed by atoms with E-state index in [-0.39, 0.29) is 0 Å². The predicted octanol–water partition coefficient (Wildman–Crippen LogP) is -0.290. The van der Waals surface area contributed by atoms with Crippen LogP contribution in [0.2, 0.25) is 0 Å². The lowest BCUT2D eigenvalue weighted by Crippen LogP contribution is -2.58. The van der Waals surface area contributed by atoms with E-state index in [4.69, 9.17) is 0 Å². The molecule has 0 saturated carbocycles. The standard InChI is InChI=1S/C6H12N2/c1-2-6-4-7-5(1)3-8-6/h5-8H,1-4H2/t5-,6?/m0/s1. The van der Waals surface area contributed by atoms with E-state index in [1.54, 1.807) is 0 Å². The van der Waals surface area contributed by atoms with Crippen molar-refractivity contribution in [1.82, 2.24) is 10.6 Å². The largest absolute Gasteiger partial charge is 0.311 e. The van der Waals surface area contributed by atoms with Gasteiger partial charge in [0.2, 0.25) is 0 Å². The fourth-order valence-corrected chi connectivity index (χ4v) is 1.57. The van der Waals surface area contributed by atoms with Crippen LogP contribution in [0.25, 0.3) is 0 Å². The molecule has 46 valence electrons. The van der Waals surface area contributed by atoms with E-state index in [9.17, 15) is 0 Å². The van der Waals surface area contributed by atoms with Gasteiger partial charge in [-0.2, -0.15) is 0 Å². The van der Waals surface area contributed by atoms with Crippen molar-refractivity contribution in [2.75, 3.05) is 13.1 Å². The third-order valence-electron chi connectivity index (χ3n) is 2.17. The van der Waals surface area contributed by atoms with Crippen LogP contribution in [0.3, 0.4) is 0 Å². The molecule has 2 bridgehead atoms. The molecule has 2 N–H and O–H groups in total. The second kappa shape index (κ2) is 1.71. The summed E-state index contributed by atoms with van der Waals surface area (Å²) in [5.41, 5.74) is 0. The highest BCUT2D eigenvalue weighted by Crippen LogP contribution is 2.12. The lowest BCUT2D eigenvalue weighted by Gasteiger charge is -2.37. The topological polar surface area (TPSA) is 24.1 Å². The van der Waals surface area contributed by atoms with Crippen molar-refractivity contribution in [3.8, 4) is 0 Å². The molecule has 2 atom stereocenters. The van der Waals surface area contributed by atoms with Crippen LogP contribution in [0.15, 0.2) is 0 Å². The van der Waals surface area contributed by atoms with E-state index >= 15 is 0 Å². The third-order valence-corrected chi connectivity index (χ3v) is 2.17. The number of hydrogen-bond donors (Lipinski definition) is 2. The molecule has 2 nitrogen and oxygen atoms in total. The molecule has 3 fully saturated rings. The van der Waals surface area contributed by atoms with Crippen LogP contribution in [-0.2, 0) is 0 Å². The van der Waals surface area contributed by atoms with Gasteiger partial charge in [-0.1, -0.05) is 0 Å². The molecule has 3 aliphatic heterocycles. The molecule has 0 aliphatic carbocycles. The van der Waals surface area contributed by atoms with Crippen molar-refractivity contribution in [3.05, 3.63) is 0 Å². The van der Waals surface area contributed by atoms with Gasteiger partial charge < -0.3 is 10.6 Å². The number of piperidine rings is 2. The Bertz CT molecular complexity index is 61.5. The van der Waals surface area contributed by atoms with E-state index in [2.05, 4.69) is 10.6 Å². The highest BCUT2D eigenvalue weighted by Gasteiger charge is 2.25. The first-order valence-corrected chi connectivity index (χ1v) is 3.42. The minimum absolute atomic E-state index is 0.792. The van der Waals surface area contributed by atoms with E-state index < -0.39 is 0 Å². The Hall–Kier alpha value is -0.0800. The first kappa shape index (κ1) is 4.77. The zero-order valence-electron chi connectivity index (χ0n) is 4.98. The number of rotatable bonds is 0. The van der Waals surface area contributed by atoms with Crippen molar-refractivity contribution >= 4 is 0 Å². The minimum Gasteiger partial charge on any atom is -0.311 e. The summed E-state index contributed by atoms with van der Waals surface area (Å²) in [7, 11) is 0. The lowest BCUT2D eigenvalue weighted by atomic mass is 9.96. The van der Waals surface area contributed by atoms with E-state index in [0.29, 0.717) is 0 Å². The van der Waals surface area contributed by atoms with Gasteiger partial charge in [-0.05, 0) is 12.8 Å². The van der Waals surface area contributed by atoms with Gasteiger partial charge in [0.15, 0.2) is 0 Å². The molecule has 8 heavy (non-hydrogen) atoms. The molecule has 0 amide bonds. The Morgan fingerprint density at radius 1 is 0.875 bits per heavy atom. The maximum atomic E-state index is 3.46. The summed E-state index contributed by atoms with van der Waals surface area (Å²) in [5.74, 6) is 0. The fraction of sp³-hybridized carbons (Fsp3) is 1.00. The van der Waals surface area contributed by atoms with Crippen molar-refractivity contribution in [2.45, 2.75) is 24.9 Å².